The van der Waals surface area contributed by atoms with Crippen LogP contribution in [0.25, 0.3) is 12.2 Å². The van der Waals surface area contributed by atoms with Gasteiger partial charge in [0.1, 0.15) is 0 Å². The quantitative estimate of drug-likeness (QED) is 0.777. The number of nitrogens with one attached hydrogen (secondary N) is 2. The van der Waals surface area contributed by atoms with E-state index >= 15 is 0 Å². The maximum Gasteiger partial charge on any atom is 0.221 e. The van der Waals surface area contributed by atoms with Gasteiger partial charge in [0.05, 0.1) is 0 Å². The fourth-order valence-corrected chi connectivity index (χ4v) is 3.11. The second-order valence-electron chi connectivity index (χ2n) is 6.77. The van der Waals surface area contributed by atoms with Crippen LogP contribution in [0.3, 0.4) is 0 Å². The minimum atomic E-state index is -0.114. The lowest BCUT2D eigenvalue weighted by atomic mass is 10.1. The molecule has 2 aromatic rings. The van der Waals surface area contributed by atoms with Crippen LogP contribution in [0, 0.1) is 0 Å². The Hall–Kier alpha value is -3.47. The third-order valence-corrected chi connectivity index (χ3v) is 4.39. The molecule has 0 aliphatic heterocycles. The van der Waals surface area contributed by atoms with E-state index in [0.717, 1.165) is 33.6 Å². The molecular formula is C23H22N2O3. The number of Topliss-reactive ketones (excluding diaryl/α,β-unsaturated/α-hetero) is 1. The molecule has 0 radical (unpaired) electrons. The second kappa shape index (κ2) is 8.48. The molecule has 0 unspecified atom stereocenters. The van der Waals surface area contributed by atoms with Gasteiger partial charge >= 0.3 is 0 Å². The summed E-state index contributed by atoms with van der Waals surface area (Å²) in [6.45, 7) is 2.93. The summed E-state index contributed by atoms with van der Waals surface area (Å²) < 4.78 is 0. The van der Waals surface area contributed by atoms with Crippen LogP contribution < -0.4 is 10.6 Å². The van der Waals surface area contributed by atoms with Crippen molar-refractivity contribution in [3.05, 3.63) is 70.8 Å². The molecule has 0 atom stereocenters. The third-order valence-electron chi connectivity index (χ3n) is 4.39. The van der Waals surface area contributed by atoms with Gasteiger partial charge in [0.2, 0.25) is 11.8 Å². The highest BCUT2D eigenvalue weighted by Gasteiger charge is 2.22. The molecule has 1 aliphatic carbocycles. The van der Waals surface area contributed by atoms with Gasteiger partial charge in [-0.2, -0.15) is 0 Å². The molecule has 5 nitrogen and oxygen atoms in total. The van der Waals surface area contributed by atoms with Crippen molar-refractivity contribution in [1.29, 1.82) is 0 Å². The molecular weight excluding hydrogens is 352 g/mol. The lowest BCUT2D eigenvalue weighted by Gasteiger charge is -2.03. The van der Waals surface area contributed by atoms with E-state index in [1.54, 1.807) is 0 Å². The highest BCUT2D eigenvalue weighted by Crippen LogP contribution is 2.30. The van der Waals surface area contributed by atoms with Crippen molar-refractivity contribution in [2.75, 3.05) is 10.6 Å². The first kappa shape index (κ1) is 19.3. The van der Waals surface area contributed by atoms with Crippen molar-refractivity contribution in [2.24, 2.45) is 0 Å². The van der Waals surface area contributed by atoms with Gasteiger partial charge in [-0.15, -0.1) is 0 Å². The standard InChI is InChI=1S/C23H22N2O3/c1-15(26)24-21-9-3-17(4-10-21)13-19-7-8-20(23(19)28)14-18-5-11-22(12-6-18)25-16(2)27/h3-6,9-14H,7-8H2,1-2H3,(H,24,26)(H,25,27)/b19-13+,20-14+. The first-order chi connectivity index (χ1) is 13.4. The van der Waals surface area contributed by atoms with Crippen molar-refractivity contribution in [3.8, 4) is 0 Å². The van der Waals surface area contributed by atoms with Crippen molar-refractivity contribution in [2.45, 2.75) is 26.7 Å². The molecule has 2 aromatic carbocycles. The smallest absolute Gasteiger partial charge is 0.221 e. The van der Waals surface area contributed by atoms with Crippen molar-refractivity contribution < 1.29 is 14.4 Å². The van der Waals surface area contributed by atoms with Crippen LogP contribution in [0.15, 0.2) is 59.7 Å². The van der Waals surface area contributed by atoms with Gasteiger partial charge in [0.15, 0.2) is 5.78 Å². The van der Waals surface area contributed by atoms with E-state index in [9.17, 15) is 14.4 Å². The number of hydrogen-bond donors (Lipinski definition) is 2. The number of carbonyl (C=O) groups is 3. The molecule has 28 heavy (non-hydrogen) atoms. The summed E-state index contributed by atoms with van der Waals surface area (Å²) in [5.41, 5.74) is 4.89. The maximum absolute atomic E-state index is 12.7. The normalized spacial score (nSPS) is 16.4. The first-order valence-corrected chi connectivity index (χ1v) is 9.12. The average Bonchev–Trinajstić information content (AvgIpc) is 2.97. The van der Waals surface area contributed by atoms with Crippen molar-refractivity contribution >= 4 is 41.1 Å². The largest absolute Gasteiger partial charge is 0.326 e. The number of allylic oxidation sites excluding steroid dienone is 2. The van der Waals surface area contributed by atoms with Gasteiger partial charge < -0.3 is 10.6 Å². The van der Waals surface area contributed by atoms with Gasteiger partial charge in [-0.1, -0.05) is 24.3 Å². The predicted molar refractivity (Wildman–Crippen MR) is 112 cm³/mol. The van der Waals surface area contributed by atoms with E-state index in [1.807, 2.05) is 60.7 Å². The molecule has 0 bridgehead atoms. The number of hydrogen-bond acceptors (Lipinski definition) is 3. The van der Waals surface area contributed by atoms with E-state index in [0.29, 0.717) is 12.8 Å². The molecule has 5 heteroatoms. The van der Waals surface area contributed by atoms with Crippen LogP contribution in [0.2, 0.25) is 0 Å². The Morgan fingerprint density at radius 3 is 1.39 bits per heavy atom. The second-order valence-corrected chi connectivity index (χ2v) is 6.77. The Kier molecular flexibility index (Phi) is 5.84. The Morgan fingerprint density at radius 2 is 1.07 bits per heavy atom. The van der Waals surface area contributed by atoms with Gasteiger partial charge in [-0.25, -0.2) is 0 Å². The fourth-order valence-electron chi connectivity index (χ4n) is 3.11. The molecule has 0 heterocycles. The van der Waals surface area contributed by atoms with Crippen LogP contribution in [0.5, 0.6) is 0 Å². The maximum atomic E-state index is 12.7. The van der Waals surface area contributed by atoms with E-state index < -0.39 is 0 Å². The number of rotatable bonds is 4. The molecule has 2 amide bonds. The van der Waals surface area contributed by atoms with E-state index in [1.165, 1.54) is 13.8 Å². The highest BCUT2D eigenvalue weighted by molar-refractivity contribution is 6.15. The molecule has 3 rings (SSSR count). The minimum absolute atomic E-state index is 0.0666. The van der Waals surface area contributed by atoms with E-state index in [4.69, 9.17) is 0 Å². The number of benzene rings is 2. The molecule has 0 saturated heterocycles. The lowest BCUT2D eigenvalue weighted by Crippen LogP contribution is -2.05. The first-order valence-electron chi connectivity index (χ1n) is 9.12. The minimum Gasteiger partial charge on any atom is -0.326 e. The summed E-state index contributed by atoms with van der Waals surface area (Å²) in [4.78, 5) is 34.8. The summed E-state index contributed by atoms with van der Waals surface area (Å²) >= 11 is 0. The monoisotopic (exact) mass is 374 g/mol. The highest BCUT2D eigenvalue weighted by atomic mass is 16.2. The Labute approximate surface area is 164 Å². The van der Waals surface area contributed by atoms with Gasteiger partial charge in [-0.05, 0) is 60.4 Å². The summed E-state index contributed by atoms with van der Waals surface area (Å²) in [7, 11) is 0. The molecule has 142 valence electrons. The van der Waals surface area contributed by atoms with E-state index in [-0.39, 0.29) is 17.6 Å². The fraction of sp³-hybridized carbons (Fsp3) is 0.174. The van der Waals surface area contributed by atoms with Crippen LogP contribution >= 0.6 is 0 Å². The zero-order valence-corrected chi connectivity index (χ0v) is 15.9. The lowest BCUT2D eigenvalue weighted by molar-refractivity contribution is -0.115. The van der Waals surface area contributed by atoms with Crippen LogP contribution in [-0.4, -0.2) is 17.6 Å². The summed E-state index contributed by atoms with van der Waals surface area (Å²) in [6.07, 6.45) is 5.23. The molecule has 0 aromatic heterocycles. The summed E-state index contributed by atoms with van der Waals surface area (Å²) in [5, 5.41) is 5.45. The number of amides is 2. The Bertz CT molecular complexity index is 888. The zero-order valence-electron chi connectivity index (χ0n) is 15.9. The Morgan fingerprint density at radius 1 is 0.714 bits per heavy atom. The Balaban J connectivity index is 1.71. The molecule has 2 N–H and O–H groups in total. The SMILES string of the molecule is CC(=O)Nc1ccc(/C=C2\CC/C(=C\c3ccc(NC(C)=O)cc3)C2=O)cc1. The molecule has 1 fully saturated rings. The van der Waals surface area contributed by atoms with Crippen molar-refractivity contribution in [1.82, 2.24) is 0 Å². The van der Waals surface area contributed by atoms with E-state index in [2.05, 4.69) is 10.6 Å². The van der Waals surface area contributed by atoms with Crippen LogP contribution in [-0.2, 0) is 14.4 Å². The average molecular weight is 374 g/mol. The van der Waals surface area contributed by atoms with Gasteiger partial charge in [-0.3, -0.25) is 14.4 Å². The third kappa shape index (κ3) is 5.04. The number of anilines is 2. The van der Waals surface area contributed by atoms with Crippen LogP contribution in [0.1, 0.15) is 37.8 Å². The van der Waals surface area contributed by atoms with Gasteiger partial charge in [0.25, 0.3) is 0 Å². The van der Waals surface area contributed by atoms with Crippen LogP contribution in [0.4, 0.5) is 11.4 Å². The number of carbonyl (C=O) groups excluding carboxylic acids is 3. The van der Waals surface area contributed by atoms with Crippen molar-refractivity contribution in [3.63, 3.8) is 0 Å². The number of ketones is 1. The summed E-state index contributed by atoms with van der Waals surface area (Å²) in [5.74, 6) is -0.161. The predicted octanol–water partition coefficient (Wildman–Crippen LogP) is 4.43. The summed E-state index contributed by atoms with van der Waals surface area (Å²) in [6, 6.07) is 14.8. The molecule has 1 aliphatic rings. The molecule has 1 saturated carbocycles. The van der Waals surface area contributed by atoms with Gasteiger partial charge in [0, 0.05) is 36.4 Å². The molecule has 0 spiro atoms. The topological polar surface area (TPSA) is 75.3 Å². The zero-order chi connectivity index (χ0) is 20.1.